The molecule has 0 aliphatic rings. The van der Waals surface area contributed by atoms with Crippen molar-refractivity contribution in [1.29, 1.82) is 0 Å². The van der Waals surface area contributed by atoms with Crippen molar-refractivity contribution in [2.24, 2.45) is 5.16 Å². The number of pyridine rings is 1. The molecule has 0 fully saturated rings. The van der Waals surface area contributed by atoms with Crippen LogP contribution in [0.15, 0.2) is 68.5 Å². The molecule has 5 nitrogen and oxygen atoms in total. The molecular formula is C17H15N3O2S. The molecule has 116 valence electrons. The average molecular weight is 325 g/mol. The van der Waals surface area contributed by atoms with E-state index in [0.29, 0.717) is 16.2 Å². The molecule has 1 aromatic carbocycles. The van der Waals surface area contributed by atoms with Crippen molar-refractivity contribution in [1.82, 2.24) is 9.38 Å². The number of aromatic nitrogens is 2. The van der Waals surface area contributed by atoms with E-state index in [4.69, 9.17) is 4.84 Å². The number of aryl methyl sites for hydroxylation is 1. The molecule has 0 bridgehead atoms. The summed E-state index contributed by atoms with van der Waals surface area (Å²) in [5.74, 6) is 0. The standard InChI is InChI=1S/C17H15N3O2S/c1-12-6-8-13(9-7-12)23-16-14(11-18-22-2)17(21)20-10-4-3-5-15(20)19-16/h3-11H,1-2H3/b18-11-. The van der Waals surface area contributed by atoms with Crippen molar-refractivity contribution in [2.45, 2.75) is 16.8 Å². The molecule has 3 aromatic rings. The van der Waals surface area contributed by atoms with Gasteiger partial charge in [-0.25, -0.2) is 4.98 Å². The summed E-state index contributed by atoms with van der Waals surface area (Å²) in [7, 11) is 1.44. The molecule has 0 amide bonds. The maximum Gasteiger partial charge on any atom is 0.267 e. The molecule has 0 N–H and O–H groups in total. The van der Waals surface area contributed by atoms with Crippen LogP contribution < -0.4 is 5.56 Å². The molecule has 2 heterocycles. The minimum atomic E-state index is -0.175. The smallest absolute Gasteiger partial charge is 0.267 e. The number of oxime groups is 1. The van der Waals surface area contributed by atoms with Crippen LogP contribution in [0.25, 0.3) is 5.65 Å². The molecule has 0 aliphatic heterocycles. The fourth-order valence-electron chi connectivity index (χ4n) is 2.09. The van der Waals surface area contributed by atoms with Gasteiger partial charge in [-0.15, -0.1) is 0 Å². The van der Waals surface area contributed by atoms with Gasteiger partial charge < -0.3 is 4.84 Å². The Kier molecular flexibility index (Phi) is 4.43. The fourth-order valence-corrected chi connectivity index (χ4v) is 2.98. The lowest BCUT2D eigenvalue weighted by molar-refractivity contribution is 0.215. The van der Waals surface area contributed by atoms with E-state index < -0.39 is 0 Å². The highest BCUT2D eigenvalue weighted by atomic mass is 32.2. The maximum absolute atomic E-state index is 12.7. The highest BCUT2D eigenvalue weighted by molar-refractivity contribution is 7.99. The van der Waals surface area contributed by atoms with Gasteiger partial charge in [-0.2, -0.15) is 0 Å². The van der Waals surface area contributed by atoms with Crippen molar-refractivity contribution in [3.05, 3.63) is 70.1 Å². The SMILES string of the molecule is CO/N=C\c1c(Sc2ccc(C)cc2)nc2ccccn2c1=O. The van der Waals surface area contributed by atoms with Crippen LogP contribution in [0.1, 0.15) is 11.1 Å². The quantitative estimate of drug-likeness (QED) is 0.420. The Morgan fingerprint density at radius 2 is 2.00 bits per heavy atom. The molecule has 0 radical (unpaired) electrons. The molecule has 3 rings (SSSR count). The van der Waals surface area contributed by atoms with Gasteiger partial charge in [0.2, 0.25) is 0 Å². The molecule has 6 heteroatoms. The van der Waals surface area contributed by atoms with Crippen LogP contribution in [0.5, 0.6) is 0 Å². The van der Waals surface area contributed by atoms with Crippen molar-refractivity contribution in [3.63, 3.8) is 0 Å². The summed E-state index contributed by atoms with van der Waals surface area (Å²) in [6.45, 7) is 2.03. The summed E-state index contributed by atoms with van der Waals surface area (Å²) in [6, 6.07) is 13.5. The Labute approximate surface area is 137 Å². The molecule has 0 aliphatic carbocycles. The van der Waals surface area contributed by atoms with E-state index in [2.05, 4.69) is 10.1 Å². The first-order valence-electron chi connectivity index (χ1n) is 7.01. The predicted octanol–water partition coefficient (Wildman–Crippen LogP) is 3.13. The van der Waals surface area contributed by atoms with Gasteiger partial charge in [-0.05, 0) is 31.2 Å². The van der Waals surface area contributed by atoms with Crippen LogP contribution in [0, 0.1) is 6.92 Å². The second-order valence-corrected chi connectivity index (χ2v) is 5.96. The fraction of sp³-hybridized carbons (Fsp3) is 0.118. The van der Waals surface area contributed by atoms with Gasteiger partial charge in [0.25, 0.3) is 5.56 Å². The van der Waals surface area contributed by atoms with Crippen LogP contribution in [-0.2, 0) is 4.84 Å². The van der Waals surface area contributed by atoms with Gasteiger partial charge in [0, 0.05) is 11.1 Å². The molecular weight excluding hydrogens is 310 g/mol. The van der Waals surface area contributed by atoms with E-state index in [1.807, 2.05) is 37.3 Å². The van der Waals surface area contributed by atoms with Crippen LogP contribution in [-0.4, -0.2) is 22.7 Å². The summed E-state index contributed by atoms with van der Waals surface area (Å²) in [4.78, 5) is 23.0. The van der Waals surface area contributed by atoms with Crippen molar-refractivity contribution >= 4 is 23.6 Å². The van der Waals surface area contributed by atoms with Gasteiger partial charge in [0.1, 0.15) is 17.8 Å². The lowest BCUT2D eigenvalue weighted by Gasteiger charge is -2.07. The Hall–Kier alpha value is -2.60. The van der Waals surface area contributed by atoms with Crippen molar-refractivity contribution in [2.75, 3.05) is 7.11 Å². The van der Waals surface area contributed by atoms with Gasteiger partial charge in [0.15, 0.2) is 0 Å². The topological polar surface area (TPSA) is 56.0 Å². The van der Waals surface area contributed by atoms with Crippen molar-refractivity contribution < 1.29 is 4.84 Å². The third-order valence-corrected chi connectivity index (χ3v) is 4.27. The second kappa shape index (κ2) is 6.66. The highest BCUT2D eigenvalue weighted by Crippen LogP contribution is 2.27. The summed E-state index contributed by atoms with van der Waals surface area (Å²) < 4.78 is 1.50. The van der Waals surface area contributed by atoms with E-state index in [0.717, 1.165) is 4.90 Å². The van der Waals surface area contributed by atoms with E-state index in [9.17, 15) is 4.79 Å². The van der Waals surface area contributed by atoms with Gasteiger partial charge in [-0.1, -0.05) is 40.7 Å². The summed E-state index contributed by atoms with van der Waals surface area (Å²) in [5, 5.41) is 4.34. The predicted molar refractivity (Wildman–Crippen MR) is 91.4 cm³/mol. The lowest BCUT2D eigenvalue weighted by atomic mass is 10.2. The summed E-state index contributed by atoms with van der Waals surface area (Å²) in [6.07, 6.45) is 3.10. The maximum atomic E-state index is 12.7. The minimum Gasteiger partial charge on any atom is -0.399 e. The molecule has 0 saturated heterocycles. The largest absolute Gasteiger partial charge is 0.399 e. The molecule has 0 saturated carbocycles. The lowest BCUT2D eigenvalue weighted by Crippen LogP contribution is -2.20. The first kappa shape index (κ1) is 15.3. The number of hydrogen-bond acceptors (Lipinski definition) is 5. The molecule has 2 aromatic heterocycles. The first-order chi connectivity index (χ1) is 11.2. The van der Waals surface area contributed by atoms with Gasteiger partial charge in [0.05, 0.1) is 11.8 Å². The van der Waals surface area contributed by atoms with Crippen molar-refractivity contribution in [3.8, 4) is 0 Å². The van der Waals surface area contributed by atoms with Crippen LogP contribution in [0.3, 0.4) is 0 Å². The first-order valence-corrected chi connectivity index (χ1v) is 7.83. The minimum absolute atomic E-state index is 0.175. The number of benzene rings is 1. The van der Waals surface area contributed by atoms with Crippen LogP contribution >= 0.6 is 11.8 Å². The van der Waals surface area contributed by atoms with E-state index in [-0.39, 0.29) is 5.56 Å². The Morgan fingerprint density at radius 1 is 1.22 bits per heavy atom. The van der Waals surface area contributed by atoms with E-state index >= 15 is 0 Å². The second-order valence-electron chi connectivity index (χ2n) is 4.90. The zero-order chi connectivity index (χ0) is 16.2. The summed E-state index contributed by atoms with van der Waals surface area (Å²) in [5.41, 5.74) is 2.01. The highest BCUT2D eigenvalue weighted by Gasteiger charge is 2.12. The third-order valence-electron chi connectivity index (χ3n) is 3.26. The Balaban J connectivity index is 2.15. The average Bonchev–Trinajstić information content (AvgIpc) is 2.57. The third kappa shape index (κ3) is 3.27. The van der Waals surface area contributed by atoms with E-state index in [1.54, 1.807) is 18.3 Å². The molecule has 23 heavy (non-hydrogen) atoms. The monoisotopic (exact) mass is 325 g/mol. The van der Waals surface area contributed by atoms with Gasteiger partial charge in [-0.3, -0.25) is 9.20 Å². The number of hydrogen-bond donors (Lipinski definition) is 0. The Bertz CT molecular complexity index is 917. The normalized spacial score (nSPS) is 11.2. The summed E-state index contributed by atoms with van der Waals surface area (Å²) >= 11 is 1.43. The number of fused-ring (bicyclic) bond motifs is 1. The Morgan fingerprint density at radius 3 is 2.74 bits per heavy atom. The van der Waals surface area contributed by atoms with E-state index in [1.165, 1.54) is 35.1 Å². The van der Waals surface area contributed by atoms with Crippen LogP contribution in [0.4, 0.5) is 0 Å². The molecule has 0 unspecified atom stereocenters. The molecule has 0 atom stereocenters. The number of rotatable bonds is 4. The zero-order valence-corrected chi connectivity index (χ0v) is 13.6. The van der Waals surface area contributed by atoms with Gasteiger partial charge >= 0.3 is 0 Å². The number of nitrogens with zero attached hydrogens (tertiary/aromatic N) is 3. The molecule has 0 spiro atoms. The van der Waals surface area contributed by atoms with Crippen LogP contribution in [0.2, 0.25) is 0 Å². The zero-order valence-electron chi connectivity index (χ0n) is 12.8.